The van der Waals surface area contributed by atoms with Gasteiger partial charge in [-0.3, -0.25) is 10.2 Å². The molecule has 7 nitrogen and oxygen atoms in total. The third-order valence-electron chi connectivity index (χ3n) is 3.38. The number of hydrogen-bond acceptors (Lipinski definition) is 5. The summed E-state index contributed by atoms with van der Waals surface area (Å²) in [6.45, 7) is 2.67. The smallest absolute Gasteiger partial charge is 0.245 e. The molecule has 0 aromatic carbocycles. The number of aromatic amines is 2. The summed E-state index contributed by atoms with van der Waals surface area (Å²) >= 11 is 0. The Bertz CT molecular complexity index is 489. The minimum absolute atomic E-state index is 0.551. The standard InChI is InChI=1S/C11H17N7/c12-4-8-2-1-3-18(7-8)11-15-10(16-17-11)9-5-13-14-6-9/h5-6,8H,1-4,7,12H2,(H,13,14)(H,15,16,17). The molecular formula is C11H17N7. The number of hydrogen-bond donors (Lipinski definition) is 3. The van der Waals surface area contributed by atoms with Crippen LogP contribution < -0.4 is 10.6 Å². The highest BCUT2D eigenvalue weighted by Crippen LogP contribution is 2.21. The molecule has 7 heteroatoms. The molecule has 3 rings (SSSR count). The first-order valence-electron chi connectivity index (χ1n) is 6.23. The first kappa shape index (κ1) is 11.2. The van der Waals surface area contributed by atoms with E-state index < -0.39 is 0 Å². The molecule has 1 fully saturated rings. The Kier molecular flexibility index (Phi) is 2.97. The fourth-order valence-electron chi connectivity index (χ4n) is 2.34. The lowest BCUT2D eigenvalue weighted by Crippen LogP contribution is -2.38. The fraction of sp³-hybridized carbons (Fsp3) is 0.545. The minimum atomic E-state index is 0.551. The van der Waals surface area contributed by atoms with Crippen molar-refractivity contribution >= 4 is 5.95 Å². The SMILES string of the molecule is NCC1CCCN(c2n[nH]c(-c3cn[nH]c3)n2)C1. The first-order chi connectivity index (χ1) is 8.86. The Morgan fingerprint density at radius 2 is 2.44 bits per heavy atom. The summed E-state index contributed by atoms with van der Waals surface area (Å²) in [5, 5.41) is 13.9. The quantitative estimate of drug-likeness (QED) is 0.727. The largest absolute Gasteiger partial charge is 0.339 e. The molecular weight excluding hydrogens is 230 g/mol. The van der Waals surface area contributed by atoms with Crippen molar-refractivity contribution in [3.63, 3.8) is 0 Å². The van der Waals surface area contributed by atoms with Crippen molar-refractivity contribution in [3.05, 3.63) is 12.4 Å². The number of rotatable bonds is 3. The van der Waals surface area contributed by atoms with E-state index in [1.165, 1.54) is 6.42 Å². The highest BCUT2D eigenvalue weighted by Gasteiger charge is 2.21. The zero-order valence-corrected chi connectivity index (χ0v) is 10.1. The van der Waals surface area contributed by atoms with E-state index >= 15 is 0 Å². The van der Waals surface area contributed by atoms with E-state index in [1.54, 1.807) is 12.4 Å². The monoisotopic (exact) mass is 247 g/mol. The van der Waals surface area contributed by atoms with Crippen LogP contribution in [0.5, 0.6) is 0 Å². The Morgan fingerprint density at radius 3 is 3.22 bits per heavy atom. The van der Waals surface area contributed by atoms with Crippen LogP contribution in [0.4, 0.5) is 5.95 Å². The summed E-state index contributed by atoms with van der Waals surface area (Å²) in [6.07, 6.45) is 5.87. The van der Waals surface area contributed by atoms with Gasteiger partial charge < -0.3 is 10.6 Å². The van der Waals surface area contributed by atoms with Gasteiger partial charge in [0.2, 0.25) is 5.95 Å². The first-order valence-corrected chi connectivity index (χ1v) is 6.23. The zero-order chi connectivity index (χ0) is 12.4. The van der Waals surface area contributed by atoms with Gasteiger partial charge in [-0.2, -0.15) is 10.1 Å². The van der Waals surface area contributed by atoms with Gasteiger partial charge in [0.25, 0.3) is 0 Å². The average molecular weight is 247 g/mol. The molecule has 1 saturated heterocycles. The van der Waals surface area contributed by atoms with Gasteiger partial charge in [0.1, 0.15) is 0 Å². The zero-order valence-electron chi connectivity index (χ0n) is 10.1. The van der Waals surface area contributed by atoms with Gasteiger partial charge in [-0.15, -0.1) is 5.10 Å². The van der Waals surface area contributed by atoms with E-state index in [0.717, 1.165) is 43.4 Å². The molecule has 0 amide bonds. The van der Waals surface area contributed by atoms with Gasteiger partial charge >= 0.3 is 0 Å². The number of nitrogens with one attached hydrogen (secondary N) is 2. The molecule has 18 heavy (non-hydrogen) atoms. The number of piperidine rings is 1. The summed E-state index contributed by atoms with van der Waals surface area (Å²) < 4.78 is 0. The lowest BCUT2D eigenvalue weighted by atomic mass is 9.99. The molecule has 4 N–H and O–H groups in total. The number of H-pyrrole nitrogens is 2. The van der Waals surface area contributed by atoms with Crippen LogP contribution in [0, 0.1) is 5.92 Å². The maximum atomic E-state index is 5.74. The lowest BCUT2D eigenvalue weighted by molar-refractivity contribution is 0.420. The highest BCUT2D eigenvalue weighted by molar-refractivity contribution is 5.53. The summed E-state index contributed by atoms with van der Waals surface area (Å²) in [5.41, 5.74) is 6.66. The Labute approximate surface area is 105 Å². The maximum absolute atomic E-state index is 5.74. The van der Waals surface area contributed by atoms with E-state index in [2.05, 4.69) is 30.3 Å². The summed E-state index contributed by atoms with van der Waals surface area (Å²) in [6, 6.07) is 0. The summed E-state index contributed by atoms with van der Waals surface area (Å²) in [7, 11) is 0. The molecule has 1 unspecified atom stereocenters. The van der Waals surface area contributed by atoms with E-state index in [0.29, 0.717) is 5.92 Å². The number of nitrogens with two attached hydrogens (primary N) is 1. The molecule has 1 aliphatic heterocycles. The van der Waals surface area contributed by atoms with Crippen LogP contribution in [0.1, 0.15) is 12.8 Å². The van der Waals surface area contributed by atoms with E-state index in [1.807, 2.05) is 0 Å². The topological polar surface area (TPSA) is 99.5 Å². The van der Waals surface area contributed by atoms with Crippen molar-refractivity contribution in [3.8, 4) is 11.4 Å². The number of anilines is 1. The third-order valence-corrected chi connectivity index (χ3v) is 3.38. The van der Waals surface area contributed by atoms with Gasteiger partial charge in [0.05, 0.1) is 11.8 Å². The molecule has 3 heterocycles. The van der Waals surface area contributed by atoms with Crippen LogP contribution in [-0.4, -0.2) is 45.0 Å². The Balaban J connectivity index is 1.77. The van der Waals surface area contributed by atoms with Crippen molar-refractivity contribution < 1.29 is 0 Å². The second-order valence-electron chi connectivity index (χ2n) is 4.66. The van der Waals surface area contributed by atoms with Gasteiger partial charge in [-0.05, 0) is 25.3 Å². The second kappa shape index (κ2) is 4.77. The molecule has 1 aliphatic rings. The van der Waals surface area contributed by atoms with Crippen molar-refractivity contribution in [2.24, 2.45) is 11.7 Å². The van der Waals surface area contributed by atoms with Crippen molar-refractivity contribution in [1.82, 2.24) is 25.4 Å². The van der Waals surface area contributed by atoms with Crippen LogP contribution in [0.3, 0.4) is 0 Å². The van der Waals surface area contributed by atoms with Gasteiger partial charge in [0.15, 0.2) is 5.82 Å². The van der Waals surface area contributed by atoms with Crippen molar-refractivity contribution in [2.75, 3.05) is 24.5 Å². The van der Waals surface area contributed by atoms with Crippen molar-refractivity contribution in [2.45, 2.75) is 12.8 Å². The third kappa shape index (κ3) is 2.08. The molecule has 2 aromatic heterocycles. The molecule has 0 bridgehead atoms. The molecule has 0 saturated carbocycles. The van der Waals surface area contributed by atoms with Crippen LogP contribution >= 0.6 is 0 Å². The van der Waals surface area contributed by atoms with Crippen LogP contribution in [-0.2, 0) is 0 Å². The van der Waals surface area contributed by atoms with Gasteiger partial charge in [-0.1, -0.05) is 0 Å². The van der Waals surface area contributed by atoms with Gasteiger partial charge in [-0.25, -0.2) is 0 Å². The van der Waals surface area contributed by atoms with E-state index in [4.69, 9.17) is 5.73 Å². The molecule has 0 radical (unpaired) electrons. The Hall–Kier alpha value is -1.89. The van der Waals surface area contributed by atoms with Crippen LogP contribution in [0.15, 0.2) is 12.4 Å². The molecule has 1 atom stereocenters. The average Bonchev–Trinajstić information content (AvgIpc) is 3.09. The molecule has 0 spiro atoms. The molecule has 96 valence electrons. The van der Waals surface area contributed by atoms with Crippen molar-refractivity contribution in [1.29, 1.82) is 0 Å². The summed E-state index contributed by atoms with van der Waals surface area (Å²) in [5.74, 6) is 2.05. The predicted molar refractivity (Wildman–Crippen MR) is 68.0 cm³/mol. The van der Waals surface area contributed by atoms with Crippen LogP contribution in [0.25, 0.3) is 11.4 Å². The predicted octanol–water partition coefficient (Wildman–Crippen LogP) is 0.370. The lowest BCUT2D eigenvalue weighted by Gasteiger charge is -2.31. The summed E-state index contributed by atoms with van der Waals surface area (Å²) in [4.78, 5) is 6.70. The Morgan fingerprint density at radius 1 is 1.50 bits per heavy atom. The second-order valence-corrected chi connectivity index (χ2v) is 4.66. The minimum Gasteiger partial charge on any atom is -0.339 e. The highest BCUT2D eigenvalue weighted by atomic mass is 15.4. The van der Waals surface area contributed by atoms with E-state index in [9.17, 15) is 0 Å². The maximum Gasteiger partial charge on any atom is 0.245 e. The number of nitrogens with zero attached hydrogens (tertiary/aromatic N) is 4. The molecule has 0 aliphatic carbocycles. The van der Waals surface area contributed by atoms with Gasteiger partial charge in [0, 0.05) is 19.3 Å². The normalized spacial score (nSPS) is 20.3. The molecule has 2 aromatic rings. The number of aromatic nitrogens is 5. The fourth-order valence-corrected chi connectivity index (χ4v) is 2.34. The van der Waals surface area contributed by atoms with Crippen LogP contribution in [0.2, 0.25) is 0 Å². The van der Waals surface area contributed by atoms with E-state index in [-0.39, 0.29) is 0 Å².